The van der Waals surface area contributed by atoms with Crippen molar-refractivity contribution in [2.75, 3.05) is 5.32 Å². The highest BCUT2D eigenvalue weighted by Gasteiger charge is 2.10. The molecule has 0 atom stereocenters. The molecule has 2 nitrogen and oxygen atoms in total. The number of phenols is 1. The molecule has 0 aromatic heterocycles. The Kier molecular flexibility index (Phi) is 3.64. The van der Waals surface area contributed by atoms with E-state index in [1.54, 1.807) is 12.1 Å². The van der Waals surface area contributed by atoms with Crippen LogP contribution in [-0.2, 0) is 0 Å². The predicted molar refractivity (Wildman–Crippen MR) is 101 cm³/mol. The van der Waals surface area contributed by atoms with Crippen molar-refractivity contribution < 1.29 is 5.11 Å². The van der Waals surface area contributed by atoms with Crippen molar-refractivity contribution in [1.82, 2.24) is 0 Å². The van der Waals surface area contributed by atoms with E-state index in [0.29, 0.717) is 0 Å². The zero-order chi connectivity index (χ0) is 16.4. The third kappa shape index (κ3) is 2.70. The van der Waals surface area contributed by atoms with E-state index in [9.17, 15) is 5.11 Å². The average Bonchev–Trinajstić information content (AvgIpc) is 2.62. The third-order valence-corrected chi connectivity index (χ3v) is 4.12. The van der Waals surface area contributed by atoms with E-state index in [4.69, 9.17) is 0 Å². The molecule has 2 N–H and O–H groups in total. The normalized spacial score (nSPS) is 10.7. The van der Waals surface area contributed by atoms with E-state index in [0.717, 1.165) is 22.5 Å². The molecule has 4 aromatic carbocycles. The molecule has 2 heteroatoms. The first-order valence-electron chi connectivity index (χ1n) is 7.94. The fourth-order valence-electron chi connectivity index (χ4n) is 3.03. The number of anilines is 2. The van der Waals surface area contributed by atoms with Crippen LogP contribution in [0.3, 0.4) is 0 Å². The quantitative estimate of drug-likeness (QED) is 0.489. The fourth-order valence-corrected chi connectivity index (χ4v) is 3.03. The van der Waals surface area contributed by atoms with Gasteiger partial charge in [-0.3, -0.25) is 0 Å². The first-order valence-corrected chi connectivity index (χ1v) is 7.94. The van der Waals surface area contributed by atoms with Crippen molar-refractivity contribution >= 4 is 22.1 Å². The van der Waals surface area contributed by atoms with Gasteiger partial charge in [0.25, 0.3) is 0 Å². The topological polar surface area (TPSA) is 32.3 Å². The third-order valence-electron chi connectivity index (χ3n) is 4.12. The van der Waals surface area contributed by atoms with Gasteiger partial charge in [-0.2, -0.15) is 0 Å². The van der Waals surface area contributed by atoms with Crippen molar-refractivity contribution in [3.63, 3.8) is 0 Å². The first-order chi connectivity index (χ1) is 11.8. The molecule has 0 unspecified atom stereocenters. The molecule has 0 spiro atoms. The second-order valence-electron chi connectivity index (χ2n) is 5.75. The molecule has 0 aliphatic carbocycles. The molecule has 4 rings (SSSR count). The van der Waals surface area contributed by atoms with Gasteiger partial charge in [0, 0.05) is 23.0 Å². The van der Waals surface area contributed by atoms with Crippen LogP contribution in [-0.4, -0.2) is 5.11 Å². The van der Waals surface area contributed by atoms with Gasteiger partial charge in [0.05, 0.1) is 0 Å². The summed E-state index contributed by atoms with van der Waals surface area (Å²) in [6.07, 6.45) is 0. The summed E-state index contributed by atoms with van der Waals surface area (Å²) in [5.41, 5.74) is 4.21. The number of hydrogen-bond donors (Lipinski definition) is 2. The molecule has 0 radical (unpaired) electrons. The number of nitrogens with one attached hydrogen (secondary N) is 1. The number of hydrogen-bond acceptors (Lipinski definition) is 2. The van der Waals surface area contributed by atoms with Gasteiger partial charge in [-0.15, -0.1) is 0 Å². The Labute approximate surface area is 141 Å². The average molecular weight is 311 g/mol. The van der Waals surface area contributed by atoms with E-state index < -0.39 is 0 Å². The summed E-state index contributed by atoms with van der Waals surface area (Å²) in [4.78, 5) is 0. The van der Waals surface area contributed by atoms with Gasteiger partial charge >= 0.3 is 0 Å². The lowest BCUT2D eigenvalue weighted by molar-refractivity contribution is 0.475. The molecule has 0 aliphatic heterocycles. The smallest absolute Gasteiger partial charge is 0.117 e. The zero-order valence-corrected chi connectivity index (χ0v) is 13.1. The second kappa shape index (κ2) is 6.09. The Bertz CT molecular complexity index is 993. The Morgan fingerprint density at radius 1 is 0.667 bits per heavy atom. The number of fused-ring (bicyclic) bond motifs is 1. The van der Waals surface area contributed by atoms with Gasteiger partial charge in [-0.1, -0.05) is 66.7 Å². The minimum Gasteiger partial charge on any atom is -0.508 e. The summed E-state index contributed by atoms with van der Waals surface area (Å²) in [5, 5.41) is 15.6. The molecule has 24 heavy (non-hydrogen) atoms. The highest BCUT2D eigenvalue weighted by Crippen LogP contribution is 2.37. The maximum absolute atomic E-state index is 9.71. The highest BCUT2D eigenvalue weighted by molar-refractivity contribution is 6.03. The Morgan fingerprint density at radius 3 is 2.29 bits per heavy atom. The maximum Gasteiger partial charge on any atom is 0.117 e. The van der Waals surface area contributed by atoms with E-state index >= 15 is 0 Å². The molecule has 0 fully saturated rings. The minimum atomic E-state index is 0.252. The lowest BCUT2D eigenvalue weighted by Gasteiger charge is -2.15. The number of rotatable bonds is 3. The number of aromatic hydroxyl groups is 1. The van der Waals surface area contributed by atoms with Gasteiger partial charge in [0.15, 0.2) is 0 Å². The van der Waals surface area contributed by atoms with Gasteiger partial charge in [0.1, 0.15) is 5.75 Å². The lowest BCUT2D eigenvalue weighted by Crippen LogP contribution is -1.94. The van der Waals surface area contributed by atoms with Gasteiger partial charge in [-0.25, -0.2) is 0 Å². The largest absolute Gasteiger partial charge is 0.508 e. The molecule has 0 heterocycles. The van der Waals surface area contributed by atoms with Crippen LogP contribution < -0.4 is 5.32 Å². The standard InChI is InChI=1S/C22H17NO/c24-19-11-6-10-18(15-19)23-21-14-13-16-7-4-5-12-20(16)22(21)17-8-2-1-3-9-17/h1-15,23-24H. The molecular formula is C22H17NO. The summed E-state index contributed by atoms with van der Waals surface area (Å²) < 4.78 is 0. The minimum absolute atomic E-state index is 0.252. The van der Waals surface area contributed by atoms with Crippen LogP contribution in [0.4, 0.5) is 11.4 Å². The molecule has 0 saturated carbocycles. The molecular weight excluding hydrogens is 294 g/mol. The van der Waals surface area contributed by atoms with Gasteiger partial charge in [-0.05, 0) is 34.5 Å². The van der Waals surface area contributed by atoms with Crippen LogP contribution in [0, 0.1) is 0 Å². The SMILES string of the molecule is Oc1cccc(Nc2ccc3ccccc3c2-c2ccccc2)c1. The summed E-state index contributed by atoms with van der Waals surface area (Å²) in [6.45, 7) is 0. The maximum atomic E-state index is 9.71. The predicted octanol–water partition coefficient (Wildman–Crippen LogP) is 5.96. The van der Waals surface area contributed by atoms with Crippen LogP contribution in [0.1, 0.15) is 0 Å². The summed E-state index contributed by atoms with van der Waals surface area (Å²) in [7, 11) is 0. The molecule has 4 aromatic rings. The molecule has 0 aliphatic rings. The molecule has 116 valence electrons. The number of phenolic OH excluding ortho intramolecular Hbond substituents is 1. The molecule has 0 saturated heterocycles. The van der Waals surface area contributed by atoms with E-state index in [2.05, 4.69) is 66.0 Å². The Morgan fingerprint density at radius 2 is 1.46 bits per heavy atom. The zero-order valence-electron chi connectivity index (χ0n) is 13.1. The monoisotopic (exact) mass is 311 g/mol. The van der Waals surface area contributed by atoms with Crippen LogP contribution in [0.15, 0.2) is 91.0 Å². The van der Waals surface area contributed by atoms with Crippen LogP contribution in [0.25, 0.3) is 21.9 Å². The van der Waals surface area contributed by atoms with Gasteiger partial charge in [0.2, 0.25) is 0 Å². The highest BCUT2D eigenvalue weighted by atomic mass is 16.3. The molecule has 0 bridgehead atoms. The van der Waals surface area contributed by atoms with Crippen molar-refractivity contribution in [3.05, 3.63) is 91.0 Å². The van der Waals surface area contributed by atoms with Crippen LogP contribution >= 0.6 is 0 Å². The van der Waals surface area contributed by atoms with Crippen molar-refractivity contribution in [1.29, 1.82) is 0 Å². The van der Waals surface area contributed by atoms with Crippen LogP contribution in [0.5, 0.6) is 5.75 Å². The second-order valence-corrected chi connectivity index (χ2v) is 5.75. The first kappa shape index (κ1) is 14.3. The number of benzene rings is 4. The van der Waals surface area contributed by atoms with Crippen molar-refractivity contribution in [3.8, 4) is 16.9 Å². The Balaban J connectivity index is 1.92. The van der Waals surface area contributed by atoms with Crippen LogP contribution in [0.2, 0.25) is 0 Å². The van der Waals surface area contributed by atoms with Crippen molar-refractivity contribution in [2.24, 2.45) is 0 Å². The van der Waals surface area contributed by atoms with Gasteiger partial charge < -0.3 is 10.4 Å². The summed E-state index contributed by atoms with van der Waals surface area (Å²) in [5.74, 6) is 0.252. The lowest BCUT2D eigenvalue weighted by atomic mass is 9.96. The van der Waals surface area contributed by atoms with Crippen molar-refractivity contribution in [2.45, 2.75) is 0 Å². The summed E-state index contributed by atoms with van der Waals surface area (Å²) >= 11 is 0. The van der Waals surface area contributed by atoms with E-state index in [1.165, 1.54) is 10.8 Å². The van der Waals surface area contributed by atoms with E-state index in [-0.39, 0.29) is 5.75 Å². The molecule has 0 amide bonds. The fraction of sp³-hybridized carbons (Fsp3) is 0. The Hall–Kier alpha value is -3.26. The summed E-state index contributed by atoms with van der Waals surface area (Å²) in [6, 6.07) is 30.1. The van der Waals surface area contributed by atoms with E-state index in [1.807, 2.05) is 18.2 Å².